The summed E-state index contributed by atoms with van der Waals surface area (Å²) in [6.07, 6.45) is 1.68. The zero-order valence-corrected chi connectivity index (χ0v) is 9.81. The number of aromatic amines is 1. The molecule has 2 rings (SSSR count). The number of Topliss-reactive ketones (excluding diaryl/α,β-unsaturated/α-hetero) is 1. The molecule has 0 aromatic carbocycles. The second-order valence-corrected chi connectivity index (χ2v) is 3.52. The highest BCUT2D eigenvalue weighted by atomic mass is 16.5. The maximum atomic E-state index is 11.4. The molecule has 0 radical (unpaired) electrons. The lowest BCUT2D eigenvalue weighted by molar-refractivity contribution is 0.101. The van der Waals surface area contributed by atoms with Crippen LogP contribution in [0.25, 0.3) is 11.4 Å². The third-order valence-corrected chi connectivity index (χ3v) is 2.25. The summed E-state index contributed by atoms with van der Waals surface area (Å²) in [6.45, 7) is 3.23. The summed E-state index contributed by atoms with van der Waals surface area (Å²) < 4.78 is 4.98. The normalized spacial score (nSPS) is 10.3. The van der Waals surface area contributed by atoms with Gasteiger partial charge in [0.05, 0.1) is 12.8 Å². The van der Waals surface area contributed by atoms with E-state index in [2.05, 4.69) is 19.9 Å². The summed E-state index contributed by atoms with van der Waals surface area (Å²) >= 11 is 0. The van der Waals surface area contributed by atoms with Gasteiger partial charge < -0.3 is 9.72 Å². The molecule has 0 aliphatic rings. The summed E-state index contributed by atoms with van der Waals surface area (Å²) in [6, 6.07) is 1.99. The number of carbonyl (C=O) groups excluding carboxylic acids is 1. The van der Waals surface area contributed by atoms with Gasteiger partial charge in [0.2, 0.25) is 0 Å². The van der Waals surface area contributed by atoms with E-state index in [9.17, 15) is 4.79 Å². The van der Waals surface area contributed by atoms with Crippen molar-refractivity contribution >= 4 is 5.78 Å². The number of hydrogen-bond acceptors (Lipinski definition) is 5. The highest BCUT2D eigenvalue weighted by Gasteiger charge is 2.14. The van der Waals surface area contributed by atoms with Crippen molar-refractivity contribution in [3.05, 3.63) is 23.8 Å². The highest BCUT2D eigenvalue weighted by Crippen LogP contribution is 2.21. The van der Waals surface area contributed by atoms with Crippen LogP contribution >= 0.6 is 0 Å². The van der Waals surface area contributed by atoms with Gasteiger partial charge in [0, 0.05) is 18.7 Å². The van der Waals surface area contributed by atoms with Crippen LogP contribution in [-0.4, -0.2) is 32.8 Å². The first-order valence-corrected chi connectivity index (χ1v) is 5.07. The smallest absolute Gasteiger partial charge is 0.319 e. The largest absolute Gasteiger partial charge is 0.467 e. The number of aryl methyl sites for hydroxylation is 1. The number of carbonyl (C=O) groups is 1. The fourth-order valence-corrected chi connectivity index (χ4v) is 1.52. The summed E-state index contributed by atoms with van der Waals surface area (Å²) in [7, 11) is 1.49. The Balaban J connectivity index is 2.56. The number of nitrogens with one attached hydrogen (secondary N) is 1. The molecule has 0 saturated heterocycles. The van der Waals surface area contributed by atoms with E-state index in [1.165, 1.54) is 14.0 Å². The molecule has 0 spiro atoms. The van der Waals surface area contributed by atoms with Gasteiger partial charge >= 0.3 is 6.01 Å². The lowest BCUT2D eigenvalue weighted by atomic mass is 10.2. The second kappa shape index (κ2) is 4.32. The van der Waals surface area contributed by atoms with Gasteiger partial charge in [0.25, 0.3) is 0 Å². The third-order valence-electron chi connectivity index (χ3n) is 2.25. The van der Waals surface area contributed by atoms with E-state index in [0.717, 1.165) is 0 Å². The van der Waals surface area contributed by atoms with Crippen molar-refractivity contribution in [2.24, 2.45) is 0 Å². The van der Waals surface area contributed by atoms with Crippen LogP contribution in [0.3, 0.4) is 0 Å². The molecule has 0 saturated carbocycles. The van der Waals surface area contributed by atoms with E-state index in [4.69, 9.17) is 4.74 Å². The van der Waals surface area contributed by atoms with E-state index >= 15 is 0 Å². The minimum absolute atomic E-state index is 0.0676. The van der Waals surface area contributed by atoms with Crippen LogP contribution in [0.5, 0.6) is 6.01 Å². The number of rotatable bonds is 3. The SMILES string of the molecule is COc1nc(C)nc(-c2cc[nH]c2C(C)=O)n1. The van der Waals surface area contributed by atoms with Crippen LogP contribution in [-0.2, 0) is 0 Å². The van der Waals surface area contributed by atoms with Crippen molar-refractivity contribution in [3.8, 4) is 17.4 Å². The third kappa shape index (κ3) is 2.15. The van der Waals surface area contributed by atoms with Gasteiger partial charge in [-0.2, -0.15) is 9.97 Å². The Morgan fingerprint density at radius 2 is 2.12 bits per heavy atom. The van der Waals surface area contributed by atoms with Gasteiger partial charge in [-0.1, -0.05) is 0 Å². The van der Waals surface area contributed by atoms with Gasteiger partial charge in [-0.3, -0.25) is 4.79 Å². The van der Waals surface area contributed by atoms with Crippen LogP contribution < -0.4 is 4.74 Å². The maximum Gasteiger partial charge on any atom is 0.319 e. The van der Waals surface area contributed by atoms with Crippen LogP contribution in [0.2, 0.25) is 0 Å². The molecule has 17 heavy (non-hydrogen) atoms. The average Bonchev–Trinajstić information content (AvgIpc) is 2.77. The number of aromatic nitrogens is 4. The van der Waals surface area contributed by atoms with Crippen LogP contribution in [0.1, 0.15) is 23.2 Å². The topological polar surface area (TPSA) is 80.8 Å². The molecule has 2 heterocycles. The second-order valence-electron chi connectivity index (χ2n) is 3.52. The Morgan fingerprint density at radius 3 is 2.76 bits per heavy atom. The minimum atomic E-state index is -0.0676. The predicted octanol–water partition coefficient (Wildman–Crippen LogP) is 1.39. The summed E-state index contributed by atoms with van der Waals surface area (Å²) in [4.78, 5) is 26.6. The van der Waals surface area contributed by atoms with E-state index in [1.54, 1.807) is 19.2 Å². The summed E-state index contributed by atoms with van der Waals surface area (Å²) in [5.41, 5.74) is 1.14. The van der Waals surface area contributed by atoms with Crippen LogP contribution in [0.15, 0.2) is 12.3 Å². The molecular weight excluding hydrogens is 220 g/mol. The Kier molecular flexibility index (Phi) is 2.86. The molecule has 0 amide bonds. The van der Waals surface area contributed by atoms with Crippen molar-refractivity contribution in [2.45, 2.75) is 13.8 Å². The molecule has 0 aliphatic carbocycles. The Morgan fingerprint density at radius 1 is 1.35 bits per heavy atom. The molecule has 88 valence electrons. The summed E-state index contributed by atoms with van der Waals surface area (Å²) in [5.74, 6) is 0.908. The Hall–Kier alpha value is -2.24. The zero-order valence-electron chi connectivity index (χ0n) is 9.81. The van der Waals surface area contributed by atoms with E-state index in [-0.39, 0.29) is 11.8 Å². The first-order valence-electron chi connectivity index (χ1n) is 5.07. The van der Waals surface area contributed by atoms with E-state index in [0.29, 0.717) is 22.9 Å². The molecule has 0 bridgehead atoms. The Bertz CT molecular complexity index is 562. The lowest BCUT2D eigenvalue weighted by Gasteiger charge is -2.03. The number of ether oxygens (including phenoxy) is 1. The minimum Gasteiger partial charge on any atom is -0.467 e. The van der Waals surface area contributed by atoms with Crippen molar-refractivity contribution in [2.75, 3.05) is 7.11 Å². The molecule has 0 fully saturated rings. The molecular formula is C11H12N4O2. The molecule has 0 aliphatic heterocycles. The standard InChI is InChI=1S/C11H12N4O2/c1-6(16)9-8(4-5-12-9)10-13-7(2)14-11(15-10)17-3/h4-5,12H,1-3H3. The molecule has 0 atom stereocenters. The fourth-order valence-electron chi connectivity index (χ4n) is 1.52. The number of nitrogens with zero attached hydrogens (tertiary/aromatic N) is 3. The highest BCUT2D eigenvalue weighted by molar-refractivity contribution is 5.98. The van der Waals surface area contributed by atoms with Crippen LogP contribution in [0, 0.1) is 6.92 Å². The van der Waals surface area contributed by atoms with Crippen molar-refractivity contribution in [1.82, 2.24) is 19.9 Å². The molecule has 6 nitrogen and oxygen atoms in total. The van der Waals surface area contributed by atoms with E-state index in [1.807, 2.05) is 0 Å². The number of methoxy groups -OCH3 is 1. The average molecular weight is 232 g/mol. The van der Waals surface area contributed by atoms with Crippen molar-refractivity contribution in [1.29, 1.82) is 0 Å². The molecule has 6 heteroatoms. The summed E-state index contributed by atoms with van der Waals surface area (Å²) in [5, 5.41) is 0. The van der Waals surface area contributed by atoms with Gasteiger partial charge in [0.1, 0.15) is 5.82 Å². The monoisotopic (exact) mass is 232 g/mol. The number of H-pyrrole nitrogens is 1. The van der Waals surface area contributed by atoms with Crippen molar-refractivity contribution in [3.63, 3.8) is 0 Å². The van der Waals surface area contributed by atoms with Gasteiger partial charge in [-0.25, -0.2) is 4.98 Å². The van der Waals surface area contributed by atoms with E-state index < -0.39 is 0 Å². The molecule has 2 aromatic heterocycles. The van der Waals surface area contributed by atoms with Crippen LogP contribution in [0.4, 0.5) is 0 Å². The first-order chi connectivity index (χ1) is 8.11. The maximum absolute atomic E-state index is 11.4. The number of ketones is 1. The zero-order chi connectivity index (χ0) is 12.4. The Labute approximate surface area is 98.1 Å². The number of hydrogen-bond donors (Lipinski definition) is 1. The first kappa shape index (κ1) is 11.3. The molecule has 0 unspecified atom stereocenters. The van der Waals surface area contributed by atoms with Gasteiger partial charge in [0.15, 0.2) is 11.6 Å². The van der Waals surface area contributed by atoms with Gasteiger partial charge in [-0.05, 0) is 13.0 Å². The molecule has 1 N–H and O–H groups in total. The van der Waals surface area contributed by atoms with Gasteiger partial charge in [-0.15, -0.1) is 0 Å². The lowest BCUT2D eigenvalue weighted by Crippen LogP contribution is -2.02. The predicted molar refractivity (Wildman–Crippen MR) is 60.9 cm³/mol. The fraction of sp³-hybridized carbons (Fsp3) is 0.273. The quantitative estimate of drug-likeness (QED) is 0.808. The van der Waals surface area contributed by atoms with Crippen molar-refractivity contribution < 1.29 is 9.53 Å². The molecule has 2 aromatic rings.